The molecular weight excluding hydrogens is 248 g/mol. The number of nitrogens with two attached hydrogens (primary N) is 1. The summed E-state index contributed by atoms with van der Waals surface area (Å²) in [5.41, 5.74) is 5.58. The third-order valence-electron chi connectivity index (χ3n) is 1.10. The fourth-order valence-electron chi connectivity index (χ4n) is 1.09. The molecule has 1 radical (unpaired) electrons. The summed E-state index contributed by atoms with van der Waals surface area (Å²) in [4.78, 5) is 0. The van der Waals surface area contributed by atoms with E-state index in [1.54, 1.807) is 0 Å². The van der Waals surface area contributed by atoms with Gasteiger partial charge in [-0.2, -0.15) is 0 Å². The fourth-order valence-corrected chi connectivity index (χ4v) is 1.78. The number of hydrogen-bond donors (Lipinski definition) is 1. The van der Waals surface area contributed by atoms with E-state index in [0.717, 1.165) is 0 Å². The summed E-state index contributed by atoms with van der Waals surface area (Å²) in [6.07, 6.45) is 0. The van der Waals surface area contributed by atoms with Crippen molar-refractivity contribution in [2.24, 2.45) is 5.73 Å². The summed E-state index contributed by atoms with van der Waals surface area (Å²) in [6.45, 7) is 8.08. The van der Waals surface area contributed by atoms with Crippen molar-refractivity contribution < 1.29 is 0 Å². The highest BCUT2D eigenvalue weighted by Gasteiger charge is 2.25. The molecule has 1 nitrogen and oxygen atoms in total. The molecule has 0 atom stereocenters. The van der Waals surface area contributed by atoms with Crippen molar-refractivity contribution in [3.05, 3.63) is 0 Å². The lowest BCUT2D eigenvalue weighted by Crippen LogP contribution is -2.43. The summed E-state index contributed by atoms with van der Waals surface area (Å²) < 4.78 is 2.86. The molecule has 11 heavy (non-hydrogen) atoms. The van der Waals surface area contributed by atoms with Gasteiger partial charge >= 0.3 is 0 Å². The molecule has 0 aromatic rings. The van der Waals surface area contributed by atoms with Gasteiger partial charge in [-0.1, -0.05) is 33.6 Å². The maximum Gasteiger partial charge on any atom is 0.159 e. The van der Waals surface area contributed by atoms with Crippen molar-refractivity contribution in [3.63, 3.8) is 0 Å². The minimum absolute atomic E-state index is 0.0839. The summed E-state index contributed by atoms with van der Waals surface area (Å²) in [5, 5.41) is -0.0839. The van der Waals surface area contributed by atoms with Gasteiger partial charge in [-0.3, -0.25) is 0 Å². The SMILES string of the molecule is CC(C)(N)[B]C(C)(C)C#CI. The minimum Gasteiger partial charge on any atom is -0.333 e. The Balaban J connectivity index is 4.21. The minimum atomic E-state index is -0.246. The predicted molar refractivity (Wildman–Crippen MR) is 59.9 cm³/mol. The van der Waals surface area contributed by atoms with E-state index in [9.17, 15) is 0 Å². The fraction of sp³-hybridized carbons (Fsp3) is 0.750. The van der Waals surface area contributed by atoms with Gasteiger partial charge in [0.15, 0.2) is 7.28 Å². The monoisotopic (exact) mass is 262 g/mol. The van der Waals surface area contributed by atoms with Crippen LogP contribution in [0, 0.1) is 9.85 Å². The van der Waals surface area contributed by atoms with Crippen LogP contribution in [0.4, 0.5) is 0 Å². The highest BCUT2D eigenvalue weighted by Crippen LogP contribution is 2.24. The van der Waals surface area contributed by atoms with Gasteiger partial charge in [-0.05, 0) is 14.7 Å². The number of rotatable bonds is 2. The normalized spacial score (nSPS) is 11.8. The molecule has 0 spiro atoms. The van der Waals surface area contributed by atoms with Gasteiger partial charge in [0.25, 0.3) is 0 Å². The van der Waals surface area contributed by atoms with Crippen LogP contribution >= 0.6 is 22.6 Å². The van der Waals surface area contributed by atoms with Crippen LogP contribution in [0.5, 0.6) is 0 Å². The highest BCUT2D eigenvalue weighted by atomic mass is 127. The van der Waals surface area contributed by atoms with Crippen LogP contribution < -0.4 is 5.73 Å². The first-order chi connectivity index (χ1) is 4.77. The van der Waals surface area contributed by atoms with Crippen LogP contribution in [0.3, 0.4) is 0 Å². The van der Waals surface area contributed by atoms with E-state index in [2.05, 4.69) is 31.0 Å². The van der Waals surface area contributed by atoms with Crippen molar-refractivity contribution in [2.45, 2.75) is 38.4 Å². The maximum absolute atomic E-state index is 5.83. The number of halogens is 1. The molecule has 0 heterocycles. The molecule has 0 aliphatic rings. The summed E-state index contributed by atoms with van der Waals surface area (Å²) in [5.74, 6) is 3.08. The van der Waals surface area contributed by atoms with Crippen molar-refractivity contribution in [2.75, 3.05) is 0 Å². The first-order valence-electron chi connectivity index (χ1n) is 3.56. The van der Waals surface area contributed by atoms with Crippen LogP contribution in [0.15, 0.2) is 0 Å². The third kappa shape index (κ3) is 6.70. The van der Waals surface area contributed by atoms with Crippen LogP contribution in [0.25, 0.3) is 0 Å². The van der Waals surface area contributed by atoms with E-state index in [0.29, 0.717) is 0 Å². The van der Waals surface area contributed by atoms with Crippen LogP contribution in [-0.2, 0) is 0 Å². The average Bonchev–Trinajstić information content (AvgIpc) is 1.55. The molecule has 0 amide bonds. The zero-order chi connectivity index (χ0) is 9.12. The standard InChI is InChI=1S/C8H14BIN/c1-7(2,5-6-10)9-8(3,4)11/h11H2,1-4H3. The van der Waals surface area contributed by atoms with E-state index >= 15 is 0 Å². The van der Waals surface area contributed by atoms with E-state index in [1.165, 1.54) is 0 Å². The van der Waals surface area contributed by atoms with Gasteiger partial charge in [0.2, 0.25) is 0 Å². The first kappa shape index (κ1) is 11.3. The van der Waals surface area contributed by atoms with Crippen molar-refractivity contribution >= 4 is 29.9 Å². The largest absolute Gasteiger partial charge is 0.333 e. The van der Waals surface area contributed by atoms with Gasteiger partial charge in [-0.25, -0.2) is 0 Å². The topological polar surface area (TPSA) is 26.0 Å². The Hall–Kier alpha value is 0.315. The molecule has 0 aromatic heterocycles. The van der Waals surface area contributed by atoms with Gasteiger partial charge < -0.3 is 5.73 Å². The second-order valence-corrected chi connectivity index (χ2v) is 4.45. The van der Waals surface area contributed by atoms with E-state index < -0.39 is 0 Å². The Kier molecular flexibility index (Phi) is 3.93. The van der Waals surface area contributed by atoms with Gasteiger partial charge in [0.1, 0.15) is 0 Å². The van der Waals surface area contributed by atoms with E-state index in [-0.39, 0.29) is 10.8 Å². The summed E-state index contributed by atoms with van der Waals surface area (Å²) in [6, 6.07) is 0. The molecule has 0 saturated carbocycles. The average molecular weight is 262 g/mol. The molecule has 61 valence electrons. The highest BCUT2D eigenvalue weighted by molar-refractivity contribution is 14.1. The smallest absolute Gasteiger partial charge is 0.159 e. The Labute approximate surface area is 83.9 Å². The molecule has 0 aliphatic carbocycles. The van der Waals surface area contributed by atoms with E-state index in [4.69, 9.17) is 5.73 Å². The zero-order valence-electron chi connectivity index (χ0n) is 7.53. The van der Waals surface area contributed by atoms with Crippen molar-refractivity contribution in [3.8, 4) is 9.85 Å². The Bertz CT molecular complexity index is 182. The van der Waals surface area contributed by atoms with Crippen molar-refractivity contribution in [1.29, 1.82) is 0 Å². The lowest BCUT2D eigenvalue weighted by atomic mass is 9.45. The molecule has 0 aromatic carbocycles. The van der Waals surface area contributed by atoms with Gasteiger partial charge in [0.05, 0.1) is 0 Å². The van der Waals surface area contributed by atoms with Crippen molar-refractivity contribution in [1.82, 2.24) is 0 Å². The lowest BCUT2D eigenvalue weighted by Gasteiger charge is -2.26. The number of hydrogen-bond acceptors (Lipinski definition) is 1. The molecule has 0 bridgehead atoms. The summed E-state index contributed by atoms with van der Waals surface area (Å²) in [7, 11) is 2.06. The molecule has 0 fully saturated rings. The second-order valence-electron chi connectivity index (χ2n) is 3.91. The summed E-state index contributed by atoms with van der Waals surface area (Å²) >= 11 is 2.04. The van der Waals surface area contributed by atoms with Gasteiger partial charge in [-0.15, -0.1) is 0 Å². The van der Waals surface area contributed by atoms with Gasteiger partial charge in [0, 0.05) is 22.6 Å². The Morgan fingerprint density at radius 2 is 1.73 bits per heavy atom. The van der Waals surface area contributed by atoms with Crippen LogP contribution in [-0.4, -0.2) is 12.7 Å². The lowest BCUT2D eigenvalue weighted by molar-refractivity contribution is 0.692. The van der Waals surface area contributed by atoms with Crippen LogP contribution in [0.1, 0.15) is 27.7 Å². The quantitative estimate of drug-likeness (QED) is 0.459. The molecule has 0 aliphatic heterocycles. The predicted octanol–water partition coefficient (Wildman–Crippen LogP) is 1.98. The Morgan fingerprint density at radius 3 is 2.00 bits per heavy atom. The van der Waals surface area contributed by atoms with E-state index in [1.807, 2.05) is 36.4 Å². The molecule has 3 heteroatoms. The molecule has 2 N–H and O–H groups in total. The Morgan fingerprint density at radius 1 is 1.27 bits per heavy atom. The molecule has 0 saturated heterocycles. The first-order valence-corrected chi connectivity index (χ1v) is 4.63. The molecule has 0 rings (SSSR count). The molecular formula is C8H14BIN. The second kappa shape index (κ2) is 3.82. The zero-order valence-corrected chi connectivity index (χ0v) is 9.69. The van der Waals surface area contributed by atoms with Crippen LogP contribution in [0.2, 0.25) is 5.31 Å². The molecule has 0 unspecified atom stereocenters. The maximum atomic E-state index is 5.83. The third-order valence-corrected chi connectivity index (χ3v) is 1.37.